The Hall–Kier alpha value is -0.940. The molecule has 3 heteroatoms. The van der Waals surface area contributed by atoms with E-state index in [1.54, 1.807) is 0 Å². The van der Waals surface area contributed by atoms with Crippen molar-refractivity contribution in [3.63, 3.8) is 0 Å². The van der Waals surface area contributed by atoms with Gasteiger partial charge in [-0.15, -0.1) is 0 Å². The number of benzene rings is 1. The quantitative estimate of drug-likeness (QED) is 0.761. The molecule has 3 rings (SSSR count). The van der Waals surface area contributed by atoms with E-state index in [0.717, 1.165) is 19.4 Å². The second kappa shape index (κ2) is 6.88. The molecule has 1 aliphatic carbocycles. The van der Waals surface area contributed by atoms with Crippen molar-refractivity contribution in [2.45, 2.75) is 38.1 Å². The van der Waals surface area contributed by atoms with Crippen LogP contribution in [0.25, 0.3) is 0 Å². The lowest BCUT2D eigenvalue weighted by atomic mass is 9.90. The summed E-state index contributed by atoms with van der Waals surface area (Å²) in [5.74, 6) is 0.493. The second-order valence-electron chi connectivity index (χ2n) is 5.68. The maximum atomic E-state index is 4.67. The Balaban J connectivity index is 1.91. The minimum absolute atomic E-state index is 0.373. The third-order valence-electron chi connectivity index (χ3n) is 4.25. The summed E-state index contributed by atoms with van der Waals surface area (Å²) in [7, 11) is 0. The molecule has 2 atom stereocenters. The number of pyridine rings is 1. The first kappa shape index (κ1) is 15.0. The Bertz CT molecular complexity index is 594. The Morgan fingerprint density at radius 3 is 2.86 bits per heavy atom. The Morgan fingerprint density at radius 1 is 1.29 bits per heavy atom. The number of hydrogen-bond acceptors (Lipinski definition) is 2. The molecule has 21 heavy (non-hydrogen) atoms. The highest BCUT2D eigenvalue weighted by Crippen LogP contribution is 2.40. The predicted molar refractivity (Wildman–Crippen MR) is 95.5 cm³/mol. The average Bonchev–Trinajstić information content (AvgIpc) is 2.93. The van der Waals surface area contributed by atoms with Crippen molar-refractivity contribution in [2.75, 3.05) is 6.54 Å². The molecule has 1 aromatic carbocycles. The molecule has 0 bridgehead atoms. The molecule has 1 aliphatic rings. The molecule has 2 nitrogen and oxygen atoms in total. The van der Waals surface area contributed by atoms with Crippen LogP contribution in [-0.2, 0) is 6.42 Å². The van der Waals surface area contributed by atoms with Crippen LogP contribution in [-0.4, -0.2) is 11.5 Å². The molecule has 0 saturated heterocycles. The topological polar surface area (TPSA) is 24.9 Å². The van der Waals surface area contributed by atoms with Crippen LogP contribution < -0.4 is 5.32 Å². The summed E-state index contributed by atoms with van der Waals surface area (Å²) in [5.41, 5.74) is 4.10. The number of fused-ring (bicyclic) bond motifs is 1. The summed E-state index contributed by atoms with van der Waals surface area (Å²) in [6.07, 6.45) is 5.44. The van der Waals surface area contributed by atoms with Crippen molar-refractivity contribution >= 4 is 22.6 Å². The molecule has 0 amide bonds. The summed E-state index contributed by atoms with van der Waals surface area (Å²) in [5, 5.41) is 3.75. The van der Waals surface area contributed by atoms with Gasteiger partial charge in [-0.1, -0.05) is 25.1 Å². The van der Waals surface area contributed by atoms with Crippen molar-refractivity contribution in [3.8, 4) is 0 Å². The number of aromatic nitrogens is 1. The van der Waals surface area contributed by atoms with Crippen LogP contribution in [0.5, 0.6) is 0 Å². The largest absolute Gasteiger partial charge is 0.309 e. The fraction of sp³-hybridized carbons (Fsp3) is 0.389. The molecule has 0 radical (unpaired) electrons. The van der Waals surface area contributed by atoms with E-state index in [0.29, 0.717) is 12.0 Å². The minimum Gasteiger partial charge on any atom is -0.309 e. The summed E-state index contributed by atoms with van der Waals surface area (Å²) < 4.78 is 1.29. The highest BCUT2D eigenvalue weighted by Gasteiger charge is 2.31. The van der Waals surface area contributed by atoms with Gasteiger partial charge in [0, 0.05) is 27.4 Å². The maximum absolute atomic E-state index is 4.67. The highest BCUT2D eigenvalue weighted by atomic mass is 127. The first-order chi connectivity index (χ1) is 10.3. The molecule has 1 heterocycles. The van der Waals surface area contributed by atoms with Gasteiger partial charge in [-0.25, -0.2) is 0 Å². The van der Waals surface area contributed by atoms with Gasteiger partial charge in [0.05, 0.1) is 0 Å². The third-order valence-corrected chi connectivity index (χ3v) is 4.97. The average molecular weight is 392 g/mol. The fourth-order valence-corrected chi connectivity index (χ4v) is 3.59. The summed E-state index contributed by atoms with van der Waals surface area (Å²) in [4.78, 5) is 4.67. The normalized spacial score (nSPS) is 18.5. The SMILES string of the molecule is CCCNC(c1ccc(I)cc1)C1CCc2cccnc21. The van der Waals surface area contributed by atoms with Crippen molar-refractivity contribution in [2.24, 2.45) is 0 Å². The summed E-state index contributed by atoms with van der Waals surface area (Å²) in [6, 6.07) is 13.6. The van der Waals surface area contributed by atoms with E-state index in [1.807, 2.05) is 6.20 Å². The smallest absolute Gasteiger partial charge is 0.0485 e. The van der Waals surface area contributed by atoms with Gasteiger partial charge in [-0.05, 0) is 77.7 Å². The van der Waals surface area contributed by atoms with E-state index in [2.05, 4.69) is 76.2 Å². The van der Waals surface area contributed by atoms with Crippen LogP contribution in [0.4, 0.5) is 0 Å². The molecule has 110 valence electrons. The molecular formula is C18H21IN2. The molecule has 2 unspecified atom stereocenters. The number of halogens is 1. The van der Waals surface area contributed by atoms with Crippen LogP contribution in [0.2, 0.25) is 0 Å². The van der Waals surface area contributed by atoms with Crippen LogP contribution in [0.15, 0.2) is 42.6 Å². The lowest BCUT2D eigenvalue weighted by molar-refractivity contribution is 0.437. The lowest BCUT2D eigenvalue weighted by Gasteiger charge is -2.25. The number of rotatable bonds is 5. The standard InChI is InChI=1S/C18H21IN2/c1-2-11-20-18(14-5-8-15(19)9-6-14)16-10-7-13-4-3-12-21-17(13)16/h3-6,8-9,12,16,18,20H,2,7,10-11H2,1H3. The monoisotopic (exact) mass is 392 g/mol. The van der Waals surface area contributed by atoms with Crippen LogP contribution in [0.3, 0.4) is 0 Å². The van der Waals surface area contributed by atoms with Gasteiger partial charge in [0.15, 0.2) is 0 Å². The number of aryl methyl sites for hydroxylation is 1. The molecule has 1 aromatic heterocycles. The fourth-order valence-electron chi connectivity index (χ4n) is 3.23. The van der Waals surface area contributed by atoms with Gasteiger partial charge in [-0.2, -0.15) is 0 Å². The van der Waals surface area contributed by atoms with Gasteiger partial charge in [0.1, 0.15) is 0 Å². The zero-order chi connectivity index (χ0) is 14.7. The van der Waals surface area contributed by atoms with Gasteiger partial charge in [0.25, 0.3) is 0 Å². The zero-order valence-corrected chi connectivity index (χ0v) is 14.5. The maximum Gasteiger partial charge on any atom is 0.0485 e. The van der Waals surface area contributed by atoms with E-state index >= 15 is 0 Å². The zero-order valence-electron chi connectivity index (χ0n) is 12.3. The van der Waals surface area contributed by atoms with E-state index < -0.39 is 0 Å². The van der Waals surface area contributed by atoms with E-state index in [-0.39, 0.29) is 0 Å². The molecule has 0 aliphatic heterocycles. The number of nitrogens with one attached hydrogen (secondary N) is 1. The van der Waals surface area contributed by atoms with Crippen molar-refractivity contribution < 1.29 is 0 Å². The Morgan fingerprint density at radius 2 is 2.10 bits per heavy atom. The molecule has 0 fully saturated rings. The van der Waals surface area contributed by atoms with Gasteiger partial charge in [-0.3, -0.25) is 4.98 Å². The number of hydrogen-bond donors (Lipinski definition) is 1. The van der Waals surface area contributed by atoms with Crippen LogP contribution in [0, 0.1) is 3.57 Å². The predicted octanol–water partition coefficient (Wildman–Crippen LogP) is 4.46. The van der Waals surface area contributed by atoms with Crippen molar-refractivity contribution in [3.05, 3.63) is 63.0 Å². The van der Waals surface area contributed by atoms with Crippen molar-refractivity contribution in [1.82, 2.24) is 10.3 Å². The Kier molecular flexibility index (Phi) is 4.91. The van der Waals surface area contributed by atoms with Gasteiger partial charge in [0.2, 0.25) is 0 Å². The van der Waals surface area contributed by atoms with Gasteiger partial charge < -0.3 is 5.32 Å². The first-order valence-corrected chi connectivity index (χ1v) is 8.80. The molecular weight excluding hydrogens is 371 g/mol. The molecule has 1 N–H and O–H groups in total. The van der Waals surface area contributed by atoms with Crippen LogP contribution >= 0.6 is 22.6 Å². The molecule has 2 aromatic rings. The molecule has 0 saturated carbocycles. The summed E-state index contributed by atoms with van der Waals surface area (Å²) >= 11 is 2.36. The van der Waals surface area contributed by atoms with Crippen LogP contribution in [0.1, 0.15) is 48.5 Å². The minimum atomic E-state index is 0.373. The van der Waals surface area contributed by atoms with Gasteiger partial charge >= 0.3 is 0 Å². The van der Waals surface area contributed by atoms with E-state index in [9.17, 15) is 0 Å². The number of nitrogens with zero attached hydrogens (tertiary/aromatic N) is 1. The first-order valence-electron chi connectivity index (χ1n) is 7.72. The third kappa shape index (κ3) is 3.29. The lowest BCUT2D eigenvalue weighted by Crippen LogP contribution is -2.27. The van der Waals surface area contributed by atoms with E-state index in [4.69, 9.17) is 0 Å². The Labute approximate surface area is 140 Å². The highest BCUT2D eigenvalue weighted by molar-refractivity contribution is 14.1. The van der Waals surface area contributed by atoms with Crippen molar-refractivity contribution in [1.29, 1.82) is 0 Å². The molecule has 0 spiro atoms. The van der Waals surface area contributed by atoms with E-state index in [1.165, 1.54) is 26.8 Å². The second-order valence-corrected chi connectivity index (χ2v) is 6.92. The summed E-state index contributed by atoms with van der Waals surface area (Å²) in [6.45, 7) is 3.27.